The zero-order valence-corrected chi connectivity index (χ0v) is 13.4. The fourth-order valence-electron chi connectivity index (χ4n) is 2.93. The van der Waals surface area contributed by atoms with Crippen molar-refractivity contribution in [3.8, 4) is 0 Å². The highest BCUT2D eigenvalue weighted by molar-refractivity contribution is 5.78. The van der Waals surface area contributed by atoms with Gasteiger partial charge in [-0.15, -0.1) is 0 Å². The summed E-state index contributed by atoms with van der Waals surface area (Å²) < 4.78 is 39.0. The van der Waals surface area contributed by atoms with E-state index >= 15 is 0 Å². The van der Waals surface area contributed by atoms with E-state index in [4.69, 9.17) is 0 Å². The Kier molecular flexibility index (Phi) is 6.04. The van der Waals surface area contributed by atoms with E-state index in [-0.39, 0.29) is 24.6 Å². The van der Waals surface area contributed by atoms with Crippen molar-refractivity contribution in [3.63, 3.8) is 0 Å². The number of carbonyl (C=O) groups is 1. The average Bonchev–Trinajstić information content (AvgIpc) is 2.75. The number of carbonyl (C=O) groups excluding carboxylic acids is 1. The van der Waals surface area contributed by atoms with Gasteiger partial charge < -0.3 is 4.90 Å². The molecule has 1 fully saturated rings. The monoisotopic (exact) mass is 328 g/mol. The van der Waals surface area contributed by atoms with Crippen LogP contribution < -0.4 is 0 Å². The Morgan fingerprint density at radius 1 is 1.13 bits per heavy atom. The van der Waals surface area contributed by atoms with Gasteiger partial charge in [-0.3, -0.25) is 9.69 Å². The fourth-order valence-corrected chi connectivity index (χ4v) is 2.93. The standard InChI is InChI=1S/C17H23F3N2O/c1-21(13-16(23)22-10-6-2-3-7-11-22)12-14-8-4-5-9-15(14)17(18,19)20/h4-5,8-9H,2-3,6-7,10-13H2,1H3. The van der Waals surface area contributed by atoms with Crippen molar-refractivity contribution in [2.24, 2.45) is 0 Å². The second-order valence-electron chi connectivity index (χ2n) is 6.12. The van der Waals surface area contributed by atoms with Crippen molar-refractivity contribution >= 4 is 5.91 Å². The van der Waals surface area contributed by atoms with Crippen molar-refractivity contribution in [1.29, 1.82) is 0 Å². The zero-order chi connectivity index (χ0) is 16.9. The number of halogens is 3. The van der Waals surface area contributed by atoms with E-state index in [0.29, 0.717) is 0 Å². The van der Waals surface area contributed by atoms with E-state index in [1.165, 1.54) is 12.1 Å². The molecule has 128 valence electrons. The van der Waals surface area contributed by atoms with E-state index in [2.05, 4.69) is 0 Å². The Morgan fingerprint density at radius 2 is 1.74 bits per heavy atom. The molecular formula is C17H23F3N2O. The topological polar surface area (TPSA) is 23.6 Å². The minimum absolute atomic E-state index is 0.00103. The Hall–Kier alpha value is -1.56. The number of likely N-dealkylation sites (N-methyl/N-ethyl adjacent to an activating group) is 1. The van der Waals surface area contributed by atoms with Gasteiger partial charge in [-0.2, -0.15) is 13.2 Å². The maximum absolute atomic E-state index is 13.0. The summed E-state index contributed by atoms with van der Waals surface area (Å²) in [5.41, 5.74) is -0.430. The van der Waals surface area contributed by atoms with Crippen LogP contribution >= 0.6 is 0 Å². The normalized spacial score (nSPS) is 16.5. The lowest BCUT2D eigenvalue weighted by Crippen LogP contribution is -2.39. The second-order valence-corrected chi connectivity index (χ2v) is 6.12. The van der Waals surface area contributed by atoms with Gasteiger partial charge in [0.05, 0.1) is 12.1 Å². The van der Waals surface area contributed by atoms with Gasteiger partial charge in [-0.1, -0.05) is 31.0 Å². The molecule has 6 heteroatoms. The van der Waals surface area contributed by atoms with Gasteiger partial charge in [0, 0.05) is 19.6 Å². The van der Waals surface area contributed by atoms with Crippen LogP contribution in [0.15, 0.2) is 24.3 Å². The lowest BCUT2D eigenvalue weighted by molar-refractivity contribution is -0.138. The summed E-state index contributed by atoms with van der Waals surface area (Å²) >= 11 is 0. The van der Waals surface area contributed by atoms with Gasteiger partial charge >= 0.3 is 6.18 Å². The van der Waals surface area contributed by atoms with Crippen molar-refractivity contribution in [2.45, 2.75) is 38.4 Å². The Labute approximate surface area is 135 Å². The minimum Gasteiger partial charge on any atom is -0.342 e. The van der Waals surface area contributed by atoms with Crippen LogP contribution in [0.4, 0.5) is 13.2 Å². The molecule has 0 bridgehead atoms. The van der Waals surface area contributed by atoms with Gasteiger partial charge in [0.1, 0.15) is 0 Å². The van der Waals surface area contributed by atoms with Crippen molar-refractivity contribution in [2.75, 3.05) is 26.7 Å². The first-order valence-corrected chi connectivity index (χ1v) is 7.99. The van der Waals surface area contributed by atoms with Gasteiger partial charge in [-0.25, -0.2) is 0 Å². The number of alkyl halides is 3. The third kappa shape index (κ3) is 5.23. The van der Waals surface area contributed by atoms with Crippen LogP contribution in [0.5, 0.6) is 0 Å². The van der Waals surface area contributed by atoms with Crippen LogP contribution in [-0.4, -0.2) is 42.4 Å². The highest BCUT2D eigenvalue weighted by atomic mass is 19.4. The van der Waals surface area contributed by atoms with E-state index in [1.807, 2.05) is 4.90 Å². The molecule has 2 rings (SSSR count). The average molecular weight is 328 g/mol. The molecule has 23 heavy (non-hydrogen) atoms. The largest absolute Gasteiger partial charge is 0.416 e. The number of amides is 1. The number of nitrogens with zero attached hydrogens (tertiary/aromatic N) is 2. The first-order valence-electron chi connectivity index (χ1n) is 7.99. The van der Waals surface area contributed by atoms with Gasteiger partial charge in [0.15, 0.2) is 0 Å². The van der Waals surface area contributed by atoms with Crippen LogP contribution in [-0.2, 0) is 17.5 Å². The van der Waals surface area contributed by atoms with Crippen molar-refractivity contribution in [1.82, 2.24) is 9.80 Å². The number of rotatable bonds is 4. The number of benzene rings is 1. The molecule has 1 aromatic carbocycles. The molecule has 1 amide bonds. The number of hydrogen-bond acceptors (Lipinski definition) is 2. The van der Waals surface area contributed by atoms with Crippen molar-refractivity contribution in [3.05, 3.63) is 35.4 Å². The van der Waals surface area contributed by atoms with Crippen molar-refractivity contribution < 1.29 is 18.0 Å². The molecule has 0 aliphatic carbocycles. The van der Waals surface area contributed by atoms with Crippen LogP contribution in [0.2, 0.25) is 0 Å². The molecule has 0 aromatic heterocycles. The van der Waals surface area contributed by atoms with Crippen LogP contribution in [0.1, 0.15) is 36.8 Å². The van der Waals surface area contributed by atoms with E-state index < -0.39 is 11.7 Å². The predicted octanol–water partition coefficient (Wildman–Crippen LogP) is 3.54. The maximum atomic E-state index is 13.0. The zero-order valence-electron chi connectivity index (χ0n) is 13.4. The highest BCUT2D eigenvalue weighted by Crippen LogP contribution is 2.32. The Bertz CT molecular complexity index is 523. The lowest BCUT2D eigenvalue weighted by Gasteiger charge is -2.25. The molecule has 0 N–H and O–H groups in total. The smallest absolute Gasteiger partial charge is 0.342 e. The molecule has 0 spiro atoms. The number of likely N-dealkylation sites (tertiary alicyclic amines) is 1. The second kappa shape index (κ2) is 7.81. The molecule has 0 atom stereocenters. The van der Waals surface area contributed by atoms with Crippen LogP contribution in [0.3, 0.4) is 0 Å². The highest BCUT2D eigenvalue weighted by Gasteiger charge is 2.33. The quantitative estimate of drug-likeness (QED) is 0.844. The molecule has 1 aromatic rings. The number of hydrogen-bond donors (Lipinski definition) is 0. The molecule has 3 nitrogen and oxygen atoms in total. The summed E-state index contributed by atoms with van der Waals surface area (Å²) in [4.78, 5) is 15.8. The van der Waals surface area contributed by atoms with E-state index in [9.17, 15) is 18.0 Å². The third-order valence-electron chi connectivity index (χ3n) is 4.13. The van der Waals surface area contributed by atoms with E-state index in [0.717, 1.165) is 44.8 Å². The summed E-state index contributed by atoms with van der Waals surface area (Å²) in [6.45, 7) is 1.76. The maximum Gasteiger partial charge on any atom is 0.416 e. The minimum atomic E-state index is -4.37. The lowest BCUT2D eigenvalue weighted by atomic mass is 10.1. The molecule has 1 aliphatic rings. The third-order valence-corrected chi connectivity index (χ3v) is 4.13. The Morgan fingerprint density at radius 3 is 2.35 bits per heavy atom. The van der Waals surface area contributed by atoms with Crippen LogP contribution in [0.25, 0.3) is 0 Å². The molecule has 1 heterocycles. The summed E-state index contributed by atoms with van der Waals surface area (Å²) in [7, 11) is 1.68. The molecule has 0 saturated carbocycles. The fraction of sp³-hybridized carbons (Fsp3) is 0.588. The molecule has 1 saturated heterocycles. The SMILES string of the molecule is CN(CC(=O)N1CCCCCC1)Cc1ccccc1C(F)(F)F. The molecule has 0 radical (unpaired) electrons. The first-order chi connectivity index (χ1) is 10.9. The summed E-state index contributed by atoms with van der Waals surface area (Å²) in [5.74, 6) is -0.00103. The van der Waals surface area contributed by atoms with Crippen LogP contribution in [0, 0.1) is 0 Å². The van der Waals surface area contributed by atoms with Gasteiger partial charge in [0.2, 0.25) is 5.91 Å². The van der Waals surface area contributed by atoms with E-state index in [1.54, 1.807) is 18.0 Å². The Balaban J connectivity index is 1.97. The molecule has 0 unspecified atom stereocenters. The first kappa shape index (κ1) is 17.8. The predicted molar refractivity (Wildman–Crippen MR) is 82.8 cm³/mol. The molecule has 1 aliphatic heterocycles. The van der Waals surface area contributed by atoms with Gasteiger partial charge in [-0.05, 0) is 31.5 Å². The van der Waals surface area contributed by atoms with Gasteiger partial charge in [0.25, 0.3) is 0 Å². The molecular weight excluding hydrogens is 305 g/mol. The summed E-state index contributed by atoms with van der Waals surface area (Å²) in [5, 5.41) is 0. The summed E-state index contributed by atoms with van der Waals surface area (Å²) in [6, 6.07) is 5.53. The summed E-state index contributed by atoms with van der Waals surface area (Å²) in [6.07, 6.45) is -0.0812.